The maximum absolute atomic E-state index is 5.48. The van der Waals surface area contributed by atoms with Gasteiger partial charge in [0.05, 0.1) is 33.4 Å². The van der Waals surface area contributed by atoms with Gasteiger partial charge in [-0.2, -0.15) is 0 Å². The minimum atomic E-state index is 0. The second-order valence-corrected chi connectivity index (χ2v) is 5.98. The molecule has 29 heavy (non-hydrogen) atoms. The highest BCUT2D eigenvalue weighted by Gasteiger charge is 2.15. The highest BCUT2D eigenvalue weighted by molar-refractivity contribution is 14.0. The van der Waals surface area contributed by atoms with E-state index in [1.807, 2.05) is 30.3 Å². The van der Waals surface area contributed by atoms with Crippen LogP contribution in [0, 0.1) is 0 Å². The number of nitrogens with zero attached hydrogens (tertiary/aromatic N) is 1. The van der Waals surface area contributed by atoms with Gasteiger partial charge in [-0.05, 0) is 17.7 Å². The van der Waals surface area contributed by atoms with Crippen molar-refractivity contribution >= 4 is 29.9 Å². The molecule has 2 N–H and O–H groups in total. The van der Waals surface area contributed by atoms with E-state index >= 15 is 0 Å². The van der Waals surface area contributed by atoms with Gasteiger partial charge in [0, 0.05) is 25.7 Å². The number of nitrogens with one attached hydrogen (secondary N) is 2. The van der Waals surface area contributed by atoms with Crippen molar-refractivity contribution in [3.05, 3.63) is 41.5 Å². The summed E-state index contributed by atoms with van der Waals surface area (Å²) in [6.07, 6.45) is 0. The molecule has 0 amide bonds. The SMILES string of the molecule is CN=C(NCc1ccc2c(c1)OCO2)NCc1c(OC)cc(OC)cc1OC.I. The summed E-state index contributed by atoms with van der Waals surface area (Å²) < 4.78 is 27.0. The minimum Gasteiger partial charge on any atom is -0.496 e. The van der Waals surface area contributed by atoms with Crippen LogP contribution in [0.15, 0.2) is 35.3 Å². The molecule has 0 aromatic heterocycles. The zero-order valence-electron chi connectivity index (χ0n) is 16.9. The zero-order valence-corrected chi connectivity index (χ0v) is 19.2. The standard InChI is InChI=1S/C20H25N3O5.HI/c1-21-20(22-10-13-5-6-16-19(7-13)28-12-27-16)23-11-15-17(25-3)8-14(24-2)9-18(15)26-4;/h5-9H,10-12H2,1-4H3,(H2,21,22,23);1H. The van der Waals surface area contributed by atoms with Gasteiger partial charge in [0.1, 0.15) is 17.2 Å². The lowest BCUT2D eigenvalue weighted by Crippen LogP contribution is -2.36. The van der Waals surface area contributed by atoms with Crippen LogP contribution >= 0.6 is 24.0 Å². The minimum absolute atomic E-state index is 0. The summed E-state index contributed by atoms with van der Waals surface area (Å²) in [5, 5.41) is 6.56. The van der Waals surface area contributed by atoms with E-state index in [9.17, 15) is 0 Å². The molecule has 0 aliphatic carbocycles. The largest absolute Gasteiger partial charge is 0.496 e. The normalized spacial score (nSPS) is 12.1. The van der Waals surface area contributed by atoms with E-state index in [1.54, 1.807) is 28.4 Å². The molecule has 1 aliphatic rings. The molecule has 0 bridgehead atoms. The Morgan fingerprint density at radius 1 is 0.931 bits per heavy atom. The van der Waals surface area contributed by atoms with E-state index in [2.05, 4.69) is 15.6 Å². The molecule has 9 heteroatoms. The Bertz CT molecular complexity index is 835. The number of fused-ring (bicyclic) bond motifs is 1. The summed E-state index contributed by atoms with van der Waals surface area (Å²) in [6.45, 7) is 1.32. The van der Waals surface area contributed by atoms with Gasteiger partial charge >= 0.3 is 0 Å². The summed E-state index contributed by atoms with van der Waals surface area (Å²) in [4.78, 5) is 4.27. The zero-order chi connectivity index (χ0) is 19.9. The van der Waals surface area contributed by atoms with E-state index in [4.69, 9.17) is 23.7 Å². The van der Waals surface area contributed by atoms with Crippen molar-refractivity contribution in [2.24, 2.45) is 4.99 Å². The van der Waals surface area contributed by atoms with Gasteiger partial charge in [0.15, 0.2) is 17.5 Å². The summed E-state index contributed by atoms with van der Waals surface area (Å²) >= 11 is 0. The fourth-order valence-corrected chi connectivity index (χ4v) is 2.88. The first kappa shape index (κ1) is 22.7. The van der Waals surface area contributed by atoms with Gasteiger partial charge in [0.25, 0.3) is 0 Å². The lowest BCUT2D eigenvalue weighted by Gasteiger charge is -2.17. The second-order valence-electron chi connectivity index (χ2n) is 5.98. The lowest BCUT2D eigenvalue weighted by molar-refractivity contribution is 0.174. The third-order valence-electron chi connectivity index (χ3n) is 4.37. The molecule has 158 valence electrons. The molecule has 0 radical (unpaired) electrons. The van der Waals surface area contributed by atoms with Crippen LogP contribution in [-0.2, 0) is 13.1 Å². The van der Waals surface area contributed by atoms with Crippen molar-refractivity contribution < 1.29 is 23.7 Å². The Balaban J connectivity index is 0.00000300. The van der Waals surface area contributed by atoms with Crippen LogP contribution in [0.2, 0.25) is 0 Å². The first-order valence-electron chi connectivity index (χ1n) is 8.80. The third-order valence-corrected chi connectivity index (χ3v) is 4.37. The van der Waals surface area contributed by atoms with E-state index in [0.29, 0.717) is 36.3 Å². The summed E-state index contributed by atoms with van der Waals surface area (Å²) in [6, 6.07) is 9.49. The predicted molar refractivity (Wildman–Crippen MR) is 121 cm³/mol. The van der Waals surface area contributed by atoms with Gasteiger partial charge in [0.2, 0.25) is 6.79 Å². The fraction of sp³-hybridized carbons (Fsp3) is 0.350. The Kier molecular flexibility index (Phi) is 8.50. The van der Waals surface area contributed by atoms with Crippen LogP contribution in [0.3, 0.4) is 0 Å². The molecular weight excluding hydrogens is 489 g/mol. The van der Waals surface area contributed by atoms with Crippen molar-refractivity contribution in [3.8, 4) is 28.7 Å². The molecule has 8 nitrogen and oxygen atoms in total. The molecule has 1 heterocycles. The maximum atomic E-state index is 5.48. The van der Waals surface area contributed by atoms with Crippen molar-refractivity contribution in [3.63, 3.8) is 0 Å². The van der Waals surface area contributed by atoms with Crippen molar-refractivity contribution in [2.75, 3.05) is 35.2 Å². The fourth-order valence-electron chi connectivity index (χ4n) is 2.88. The number of benzene rings is 2. The molecule has 0 saturated heterocycles. The van der Waals surface area contributed by atoms with E-state index in [0.717, 1.165) is 22.6 Å². The van der Waals surface area contributed by atoms with Crippen LogP contribution in [0.1, 0.15) is 11.1 Å². The molecule has 0 atom stereocenters. The van der Waals surface area contributed by atoms with Gasteiger partial charge < -0.3 is 34.3 Å². The molecule has 2 aromatic carbocycles. The number of rotatable bonds is 7. The molecule has 1 aliphatic heterocycles. The molecular formula is C20H26IN3O5. The summed E-state index contributed by atoms with van der Waals surface area (Å²) in [5.74, 6) is 4.20. The van der Waals surface area contributed by atoms with E-state index in [1.165, 1.54) is 0 Å². The monoisotopic (exact) mass is 515 g/mol. The van der Waals surface area contributed by atoms with Gasteiger partial charge in [-0.1, -0.05) is 6.07 Å². The average molecular weight is 515 g/mol. The van der Waals surface area contributed by atoms with Gasteiger partial charge in [-0.15, -0.1) is 24.0 Å². The second kappa shape index (κ2) is 10.8. The van der Waals surface area contributed by atoms with Gasteiger partial charge in [-0.25, -0.2) is 0 Å². The van der Waals surface area contributed by atoms with Gasteiger partial charge in [-0.3, -0.25) is 4.99 Å². The highest BCUT2D eigenvalue weighted by Crippen LogP contribution is 2.34. The lowest BCUT2D eigenvalue weighted by atomic mass is 10.1. The number of guanidine groups is 1. The third kappa shape index (κ3) is 5.49. The van der Waals surface area contributed by atoms with Crippen LogP contribution in [-0.4, -0.2) is 41.1 Å². The Morgan fingerprint density at radius 2 is 1.59 bits per heavy atom. The molecule has 0 spiro atoms. The maximum Gasteiger partial charge on any atom is 0.231 e. The number of hydrogen-bond acceptors (Lipinski definition) is 6. The summed E-state index contributed by atoms with van der Waals surface area (Å²) in [5.41, 5.74) is 1.93. The van der Waals surface area contributed by atoms with Crippen LogP contribution in [0.25, 0.3) is 0 Å². The smallest absolute Gasteiger partial charge is 0.231 e. The Labute approximate surface area is 187 Å². The number of methoxy groups -OCH3 is 3. The van der Waals surface area contributed by atoms with Crippen LogP contribution < -0.4 is 34.3 Å². The number of aliphatic imine (C=N–C) groups is 1. The number of hydrogen-bond donors (Lipinski definition) is 2. The van der Waals surface area contributed by atoms with Crippen molar-refractivity contribution in [1.29, 1.82) is 0 Å². The Morgan fingerprint density at radius 3 is 2.21 bits per heavy atom. The van der Waals surface area contributed by atoms with E-state index in [-0.39, 0.29) is 30.8 Å². The molecule has 0 fully saturated rings. The van der Waals surface area contributed by atoms with Crippen molar-refractivity contribution in [1.82, 2.24) is 10.6 Å². The first-order valence-corrected chi connectivity index (χ1v) is 8.80. The molecule has 0 saturated carbocycles. The average Bonchev–Trinajstić information content (AvgIpc) is 3.21. The molecule has 0 unspecified atom stereocenters. The quantitative estimate of drug-likeness (QED) is 0.334. The number of halogens is 1. The molecule has 3 rings (SSSR count). The molecule has 2 aromatic rings. The van der Waals surface area contributed by atoms with Crippen LogP contribution in [0.5, 0.6) is 28.7 Å². The van der Waals surface area contributed by atoms with Crippen molar-refractivity contribution in [2.45, 2.75) is 13.1 Å². The Hall–Kier alpha value is -2.56. The van der Waals surface area contributed by atoms with Crippen LogP contribution in [0.4, 0.5) is 0 Å². The number of ether oxygens (including phenoxy) is 5. The highest BCUT2D eigenvalue weighted by atomic mass is 127. The predicted octanol–water partition coefficient (Wildman–Crippen LogP) is 2.92. The van der Waals surface area contributed by atoms with E-state index < -0.39 is 0 Å². The summed E-state index contributed by atoms with van der Waals surface area (Å²) in [7, 11) is 6.56. The topological polar surface area (TPSA) is 82.6 Å². The first-order chi connectivity index (χ1) is 13.7.